The van der Waals surface area contributed by atoms with Crippen LogP contribution in [0.5, 0.6) is 5.75 Å². The third-order valence-electron chi connectivity index (χ3n) is 3.66. The van der Waals surface area contributed by atoms with Crippen molar-refractivity contribution in [1.29, 1.82) is 0 Å². The van der Waals surface area contributed by atoms with E-state index in [0.717, 1.165) is 32.4 Å². The monoisotopic (exact) mass is 248 g/mol. The molecule has 2 heterocycles. The average Bonchev–Trinajstić information content (AvgIpc) is 2.50. The molecule has 1 aromatic heterocycles. The van der Waals surface area contributed by atoms with E-state index in [0.29, 0.717) is 11.0 Å². The highest BCUT2D eigenvalue weighted by Crippen LogP contribution is 2.30. The van der Waals surface area contributed by atoms with Crippen LogP contribution in [0.4, 0.5) is 0 Å². The Morgan fingerprint density at radius 2 is 2.17 bits per heavy atom. The summed E-state index contributed by atoms with van der Waals surface area (Å²) in [6.07, 6.45) is 6.01. The zero-order valence-corrected chi connectivity index (χ0v) is 11.0. The number of likely N-dealkylation sites (tertiary alicyclic amines) is 1. The molecular formula is C14H20N2O2. The number of amides is 1. The summed E-state index contributed by atoms with van der Waals surface area (Å²) < 4.78 is 0. The molecule has 4 nitrogen and oxygen atoms in total. The molecular weight excluding hydrogens is 228 g/mol. The van der Waals surface area contributed by atoms with Crippen LogP contribution in [0.1, 0.15) is 43.5 Å². The lowest BCUT2D eigenvalue weighted by Crippen LogP contribution is -2.32. The fraction of sp³-hybridized carbons (Fsp3) is 0.571. The number of aromatic hydroxyl groups is 1. The molecule has 0 atom stereocenters. The van der Waals surface area contributed by atoms with Crippen LogP contribution in [0.25, 0.3) is 0 Å². The van der Waals surface area contributed by atoms with Crippen molar-refractivity contribution in [2.24, 2.45) is 5.41 Å². The largest absolute Gasteiger partial charge is 0.505 e. The first-order chi connectivity index (χ1) is 8.49. The summed E-state index contributed by atoms with van der Waals surface area (Å²) in [5.74, 6) is -0.126. The average molecular weight is 248 g/mol. The molecule has 1 aliphatic rings. The van der Waals surface area contributed by atoms with Gasteiger partial charge in [-0.25, -0.2) is 0 Å². The Bertz CT molecular complexity index is 443. The number of carbonyl (C=O) groups is 1. The van der Waals surface area contributed by atoms with Gasteiger partial charge in [-0.1, -0.05) is 13.8 Å². The van der Waals surface area contributed by atoms with Gasteiger partial charge in [-0.2, -0.15) is 0 Å². The van der Waals surface area contributed by atoms with E-state index < -0.39 is 0 Å². The van der Waals surface area contributed by atoms with Crippen molar-refractivity contribution in [3.63, 3.8) is 0 Å². The lowest BCUT2D eigenvalue weighted by atomic mass is 9.85. The van der Waals surface area contributed by atoms with E-state index in [1.165, 1.54) is 12.4 Å². The van der Waals surface area contributed by atoms with Gasteiger partial charge in [0.15, 0.2) is 0 Å². The minimum atomic E-state index is -0.0902. The molecule has 1 saturated heterocycles. The van der Waals surface area contributed by atoms with Crippen molar-refractivity contribution in [2.45, 2.75) is 33.1 Å². The van der Waals surface area contributed by atoms with Gasteiger partial charge >= 0.3 is 0 Å². The summed E-state index contributed by atoms with van der Waals surface area (Å²) in [7, 11) is 0. The second-order valence-corrected chi connectivity index (χ2v) is 5.70. The molecule has 0 radical (unpaired) electrons. The van der Waals surface area contributed by atoms with Crippen LogP contribution in [0.15, 0.2) is 18.5 Å². The smallest absolute Gasteiger partial charge is 0.257 e. The van der Waals surface area contributed by atoms with Crippen molar-refractivity contribution in [3.05, 3.63) is 24.0 Å². The molecule has 98 valence electrons. The molecule has 1 fully saturated rings. The van der Waals surface area contributed by atoms with Gasteiger partial charge in [-0.15, -0.1) is 0 Å². The predicted octanol–water partition coefficient (Wildman–Crippen LogP) is 2.44. The Labute approximate surface area is 108 Å². The molecule has 2 rings (SSSR count). The lowest BCUT2D eigenvalue weighted by molar-refractivity contribution is 0.0754. The molecule has 1 N–H and O–H groups in total. The Hall–Kier alpha value is -1.58. The molecule has 0 bridgehead atoms. The van der Waals surface area contributed by atoms with Crippen LogP contribution < -0.4 is 0 Å². The number of carbonyl (C=O) groups excluding carboxylic acids is 1. The maximum absolute atomic E-state index is 12.3. The van der Waals surface area contributed by atoms with E-state index in [1.54, 1.807) is 6.07 Å². The normalized spacial score (nSPS) is 19.3. The molecule has 1 aliphatic heterocycles. The summed E-state index contributed by atoms with van der Waals surface area (Å²) in [4.78, 5) is 18.0. The van der Waals surface area contributed by atoms with Crippen LogP contribution in [-0.2, 0) is 0 Å². The Morgan fingerprint density at radius 3 is 2.89 bits per heavy atom. The third kappa shape index (κ3) is 2.81. The van der Waals surface area contributed by atoms with Gasteiger partial charge in [-0.3, -0.25) is 9.78 Å². The first-order valence-electron chi connectivity index (χ1n) is 6.42. The van der Waals surface area contributed by atoms with Gasteiger partial charge in [0.1, 0.15) is 5.75 Å². The predicted molar refractivity (Wildman–Crippen MR) is 69.4 cm³/mol. The molecule has 1 amide bonds. The quantitative estimate of drug-likeness (QED) is 0.830. The van der Waals surface area contributed by atoms with Gasteiger partial charge in [0, 0.05) is 19.3 Å². The number of hydrogen-bond acceptors (Lipinski definition) is 3. The molecule has 0 spiro atoms. The maximum atomic E-state index is 12.3. The van der Waals surface area contributed by atoms with E-state index in [4.69, 9.17) is 0 Å². The second-order valence-electron chi connectivity index (χ2n) is 5.70. The van der Waals surface area contributed by atoms with E-state index in [1.807, 2.05) is 4.90 Å². The van der Waals surface area contributed by atoms with Gasteiger partial charge < -0.3 is 10.0 Å². The Balaban J connectivity index is 2.13. The second kappa shape index (κ2) is 4.96. The molecule has 0 unspecified atom stereocenters. The Kier molecular flexibility index (Phi) is 3.55. The zero-order valence-electron chi connectivity index (χ0n) is 11.0. The number of pyridine rings is 1. The fourth-order valence-electron chi connectivity index (χ4n) is 2.36. The number of aromatic nitrogens is 1. The van der Waals surface area contributed by atoms with Gasteiger partial charge in [-0.05, 0) is 30.7 Å². The minimum absolute atomic E-state index is 0.0361. The number of nitrogens with zero attached hydrogens (tertiary/aromatic N) is 2. The fourth-order valence-corrected chi connectivity index (χ4v) is 2.36. The van der Waals surface area contributed by atoms with E-state index in [2.05, 4.69) is 18.8 Å². The van der Waals surface area contributed by atoms with Crippen LogP contribution >= 0.6 is 0 Å². The van der Waals surface area contributed by atoms with Crippen molar-refractivity contribution in [2.75, 3.05) is 13.1 Å². The van der Waals surface area contributed by atoms with Crippen molar-refractivity contribution in [1.82, 2.24) is 9.88 Å². The molecule has 0 saturated carbocycles. The van der Waals surface area contributed by atoms with Crippen LogP contribution in [0.2, 0.25) is 0 Å². The highest BCUT2D eigenvalue weighted by Gasteiger charge is 2.26. The van der Waals surface area contributed by atoms with Crippen molar-refractivity contribution >= 4 is 5.91 Å². The highest BCUT2D eigenvalue weighted by atomic mass is 16.3. The SMILES string of the molecule is CC1(C)CCCN(C(=O)c2ccncc2O)CC1. The lowest BCUT2D eigenvalue weighted by Gasteiger charge is -2.23. The van der Waals surface area contributed by atoms with E-state index in [-0.39, 0.29) is 11.7 Å². The molecule has 0 aromatic carbocycles. The Morgan fingerprint density at radius 1 is 1.39 bits per heavy atom. The van der Waals surface area contributed by atoms with E-state index in [9.17, 15) is 9.90 Å². The van der Waals surface area contributed by atoms with Crippen LogP contribution in [0, 0.1) is 5.41 Å². The molecule has 1 aromatic rings. The van der Waals surface area contributed by atoms with Gasteiger partial charge in [0.2, 0.25) is 0 Å². The van der Waals surface area contributed by atoms with Gasteiger partial charge in [0.25, 0.3) is 5.91 Å². The standard InChI is InChI=1S/C14H20N2O2/c1-14(2)5-3-8-16(9-6-14)13(18)11-4-7-15-10-12(11)17/h4,7,10,17H,3,5-6,8-9H2,1-2H3. The minimum Gasteiger partial charge on any atom is -0.505 e. The number of rotatable bonds is 1. The van der Waals surface area contributed by atoms with E-state index >= 15 is 0 Å². The zero-order chi connectivity index (χ0) is 13.2. The van der Waals surface area contributed by atoms with Crippen LogP contribution in [-0.4, -0.2) is 34.0 Å². The van der Waals surface area contributed by atoms with Gasteiger partial charge in [0.05, 0.1) is 11.8 Å². The first-order valence-corrected chi connectivity index (χ1v) is 6.42. The van der Waals surface area contributed by atoms with Crippen molar-refractivity contribution in [3.8, 4) is 5.75 Å². The molecule has 18 heavy (non-hydrogen) atoms. The summed E-state index contributed by atoms with van der Waals surface area (Å²) in [6, 6.07) is 1.58. The summed E-state index contributed by atoms with van der Waals surface area (Å²) >= 11 is 0. The van der Waals surface area contributed by atoms with Crippen LogP contribution in [0.3, 0.4) is 0 Å². The first kappa shape index (κ1) is 12.9. The number of hydrogen-bond donors (Lipinski definition) is 1. The summed E-state index contributed by atoms with van der Waals surface area (Å²) in [6.45, 7) is 6.01. The molecule has 4 heteroatoms. The summed E-state index contributed by atoms with van der Waals surface area (Å²) in [5.41, 5.74) is 0.652. The topological polar surface area (TPSA) is 53.4 Å². The highest BCUT2D eigenvalue weighted by molar-refractivity contribution is 5.96. The molecule has 0 aliphatic carbocycles. The van der Waals surface area contributed by atoms with Crippen molar-refractivity contribution < 1.29 is 9.90 Å². The maximum Gasteiger partial charge on any atom is 0.257 e. The summed E-state index contributed by atoms with van der Waals surface area (Å²) in [5, 5.41) is 9.67. The third-order valence-corrected chi connectivity index (χ3v) is 3.66.